The van der Waals surface area contributed by atoms with E-state index in [4.69, 9.17) is 9.94 Å². The molecule has 3 N–H and O–H groups in total. The minimum absolute atomic E-state index is 0.273. The molecule has 1 fully saturated rings. The number of aromatic nitrogens is 7. The molecule has 6 aromatic rings. The van der Waals surface area contributed by atoms with Crippen LogP contribution in [0.2, 0.25) is 0 Å². The molecule has 2 atom stereocenters. The molecule has 1 aliphatic heterocycles. The number of benzene rings is 2. The lowest BCUT2D eigenvalue weighted by Crippen LogP contribution is -2.42. The smallest absolute Gasteiger partial charge is 0.320 e. The number of hydrogen-bond acceptors (Lipinski definition) is 7. The molecule has 2 aromatic carbocycles. The highest BCUT2D eigenvalue weighted by molar-refractivity contribution is 5.91. The Morgan fingerprint density at radius 2 is 1.93 bits per heavy atom. The highest BCUT2D eigenvalue weighted by Crippen LogP contribution is 2.33. The van der Waals surface area contributed by atoms with Crippen molar-refractivity contribution < 1.29 is 18.4 Å². The molecule has 0 aliphatic carbocycles. The van der Waals surface area contributed by atoms with Gasteiger partial charge in [-0.15, -0.1) is 0 Å². The van der Waals surface area contributed by atoms with Crippen LogP contribution in [-0.2, 0) is 18.4 Å². The number of anilines is 1. The van der Waals surface area contributed by atoms with Crippen LogP contribution in [-0.4, -0.2) is 58.4 Å². The van der Waals surface area contributed by atoms with E-state index < -0.39 is 29.8 Å². The SMILES string of the molecule is Cc1c(-c2cnc3c(cnn3C)c2)nn(-c2ccccc2)c1NC(=O)N[C@@H]1CN(Cc2ccn[nH]2)O[C@H]1c1ccc(F)c(F)c1. The van der Waals surface area contributed by atoms with Gasteiger partial charge in [-0.1, -0.05) is 24.3 Å². The minimum atomic E-state index is -1.000. The van der Waals surface area contributed by atoms with Crippen molar-refractivity contribution in [1.29, 1.82) is 0 Å². The molecule has 2 amide bonds. The van der Waals surface area contributed by atoms with Gasteiger partial charge in [0.05, 0.1) is 35.9 Å². The number of amides is 2. The summed E-state index contributed by atoms with van der Waals surface area (Å²) in [4.78, 5) is 24.3. The maximum absolute atomic E-state index is 14.2. The molecule has 45 heavy (non-hydrogen) atoms. The Labute approximate surface area is 255 Å². The van der Waals surface area contributed by atoms with Crippen LogP contribution in [0.25, 0.3) is 28.0 Å². The topological polar surface area (TPSA) is 131 Å². The van der Waals surface area contributed by atoms with Crippen LogP contribution in [0.1, 0.15) is 22.9 Å². The van der Waals surface area contributed by atoms with E-state index in [1.807, 2.05) is 50.4 Å². The first-order valence-corrected chi connectivity index (χ1v) is 14.2. The summed E-state index contributed by atoms with van der Waals surface area (Å²) in [5.41, 5.74) is 4.79. The first-order chi connectivity index (χ1) is 21.8. The molecule has 0 radical (unpaired) electrons. The van der Waals surface area contributed by atoms with E-state index in [1.165, 1.54) is 6.07 Å². The summed E-state index contributed by atoms with van der Waals surface area (Å²) in [5, 5.41) is 24.5. The zero-order chi connectivity index (χ0) is 31.1. The number of H-pyrrole nitrogens is 1. The maximum Gasteiger partial charge on any atom is 0.320 e. The molecule has 7 rings (SSSR count). The largest absolute Gasteiger partial charge is 0.331 e. The first-order valence-electron chi connectivity index (χ1n) is 14.2. The number of hydrogen-bond donors (Lipinski definition) is 3. The van der Waals surface area contributed by atoms with Crippen LogP contribution in [0.15, 0.2) is 79.3 Å². The van der Waals surface area contributed by atoms with Crippen LogP contribution in [0.5, 0.6) is 0 Å². The second-order valence-electron chi connectivity index (χ2n) is 10.8. The number of hydroxylamine groups is 2. The number of aryl methyl sites for hydroxylation is 1. The van der Waals surface area contributed by atoms with E-state index in [-0.39, 0.29) is 6.54 Å². The Balaban J connectivity index is 1.19. The molecule has 0 spiro atoms. The van der Waals surface area contributed by atoms with Gasteiger partial charge >= 0.3 is 6.03 Å². The quantitative estimate of drug-likeness (QED) is 0.237. The highest BCUT2D eigenvalue weighted by Gasteiger charge is 2.37. The van der Waals surface area contributed by atoms with Crippen molar-refractivity contribution in [2.75, 3.05) is 11.9 Å². The van der Waals surface area contributed by atoms with E-state index in [1.54, 1.807) is 39.1 Å². The number of para-hydroxylation sites is 1. The van der Waals surface area contributed by atoms with Gasteiger partial charge in [-0.2, -0.15) is 20.4 Å². The maximum atomic E-state index is 14.2. The van der Waals surface area contributed by atoms with Crippen LogP contribution in [0.4, 0.5) is 19.4 Å². The average molecular weight is 611 g/mol. The summed E-state index contributed by atoms with van der Waals surface area (Å²) in [7, 11) is 1.83. The predicted molar refractivity (Wildman–Crippen MR) is 161 cm³/mol. The van der Waals surface area contributed by atoms with Crippen molar-refractivity contribution in [3.8, 4) is 16.9 Å². The number of halogens is 2. The fraction of sp³-hybridized carbons (Fsp3) is 0.194. The molecule has 1 saturated heterocycles. The van der Waals surface area contributed by atoms with Gasteiger partial charge in [0, 0.05) is 42.5 Å². The number of nitrogens with one attached hydrogen (secondary N) is 3. The first kappa shape index (κ1) is 28.3. The van der Waals surface area contributed by atoms with E-state index in [2.05, 4.69) is 30.9 Å². The summed E-state index contributed by atoms with van der Waals surface area (Å²) < 4.78 is 31.3. The van der Waals surface area contributed by atoms with E-state index >= 15 is 0 Å². The highest BCUT2D eigenvalue weighted by atomic mass is 19.2. The number of aromatic amines is 1. The molecule has 12 nitrogen and oxygen atoms in total. The lowest BCUT2D eigenvalue weighted by atomic mass is 10.0. The average Bonchev–Trinajstić information content (AvgIpc) is 3.84. The van der Waals surface area contributed by atoms with Gasteiger partial charge < -0.3 is 5.32 Å². The number of carbonyl (C=O) groups excluding carboxylic acids is 1. The summed E-state index contributed by atoms with van der Waals surface area (Å²) in [6.45, 7) is 2.49. The van der Waals surface area contributed by atoms with Gasteiger partial charge in [0.1, 0.15) is 11.9 Å². The molecule has 0 unspecified atom stereocenters. The second-order valence-corrected chi connectivity index (χ2v) is 10.8. The normalized spacial score (nSPS) is 16.8. The van der Waals surface area contributed by atoms with Gasteiger partial charge in [-0.05, 0) is 48.9 Å². The summed E-state index contributed by atoms with van der Waals surface area (Å²) in [6.07, 6.45) is 4.32. The Morgan fingerprint density at radius 1 is 1.09 bits per heavy atom. The third-order valence-electron chi connectivity index (χ3n) is 7.72. The minimum Gasteiger partial charge on any atom is -0.331 e. The standard InChI is InChI=1S/C31H28F2N10O2/c1-18-27(20-12-21-15-36-41(2)30(21)34-14-20)40-43(23-6-4-3-5-7-23)29(18)38-31(44)37-26-17-42(16-22-10-11-35-39-22)45-28(26)19-8-9-24(32)25(33)13-19/h3-15,26,28H,16-17H2,1-2H3,(H,35,39)(H2,37,38,44)/t26-,28+/m1/s1. The van der Waals surface area contributed by atoms with Crippen molar-refractivity contribution in [3.05, 3.63) is 108 Å². The number of carbonyl (C=O) groups is 1. The van der Waals surface area contributed by atoms with E-state index in [0.29, 0.717) is 23.6 Å². The Hall–Kier alpha value is -5.47. The molecule has 5 heterocycles. The molecule has 228 valence electrons. The van der Waals surface area contributed by atoms with Gasteiger partial charge in [0.15, 0.2) is 17.3 Å². The Morgan fingerprint density at radius 3 is 2.71 bits per heavy atom. The second kappa shape index (κ2) is 11.6. The van der Waals surface area contributed by atoms with Crippen molar-refractivity contribution in [2.24, 2.45) is 7.05 Å². The number of fused-ring (bicyclic) bond motifs is 1. The number of rotatable bonds is 7. The Bertz CT molecular complexity index is 1990. The molecule has 4 aromatic heterocycles. The summed E-state index contributed by atoms with van der Waals surface area (Å²) >= 11 is 0. The number of nitrogens with zero attached hydrogens (tertiary/aromatic N) is 7. The molecule has 0 bridgehead atoms. The van der Waals surface area contributed by atoms with Crippen molar-refractivity contribution in [3.63, 3.8) is 0 Å². The van der Waals surface area contributed by atoms with Crippen molar-refractivity contribution in [1.82, 2.24) is 45.1 Å². The summed E-state index contributed by atoms with van der Waals surface area (Å²) in [5.74, 6) is -1.51. The van der Waals surface area contributed by atoms with Crippen LogP contribution < -0.4 is 10.6 Å². The van der Waals surface area contributed by atoms with Crippen molar-refractivity contribution >= 4 is 22.9 Å². The third-order valence-corrected chi connectivity index (χ3v) is 7.72. The number of urea groups is 1. The monoisotopic (exact) mass is 610 g/mol. The van der Waals surface area contributed by atoms with Crippen LogP contribution >= 0.6 is 0 Å². The molecular weight excluding hydrogens is 582 g/mol. The van der Waals surface area contributed by atoms with Crippen molar-refractivity contribution in [2.45, 2.75) is 25.6 Å². The molecule has 0 saturated carbocycles. The van der Waals surface area contributed by atoms with Gasteiger partial charge in [0.2, 0.25) is 0 Å². The van der Waals surface area contributed by atoms with E-state index in [0.717, 1.165) is 45.7 Å². The zero-order valence-electron chi connectivity index (χ0n) is 24.3. The fourth-order valence-electron chi connectivity index (χ4n) is 5.52. The molecular formula is C31H28F2N10O2. The van der Waals surface area contributed by atoms with Gasteiger partial charge in [-0.3, -0.25) is 19.9 Å². The lowest BCUT2D eigenvalue weighted by molar-refractivity contribution is -0.155. The Kier molecular flexibility index (Phi) is 7.27. The fourth-order valence-corrected chi connectivity index (χ4v) is 5.52. The number of pyridine rings is 1. The van der Waals surface area contributed by atoms with Crippen LogP contribution in [0.3, 0.4) is 0 Å². The van der Waals surface area contributed by atoms with Gasteiger partial charge in [0.25, 0.3) is 0 Å². The van der Waals surface area contributed by atoms with Crippen LogP contribution in [0, 0.1) is 18.6 Å². The third kappa shape index (κ3) is 5.52. The lowest BCUT2D eigenvalue weighted by Gasteiger charge is -2.20. The zero-order valence-corrected chi connectivity index (χ0v) is 24.3. The summed E-state index contributed by atoms with van der Waals surface area (Å²) in [6, 6.07) is 15.6. The van der Waals surface area contributed by atoms with Gasteiger partial charge in [-0.25, -0.2) is 23.2 Å². The predicted octanol–water partition coefficient (Wildman–Crippen LogP) is 4.81. The molecule has 1 aliphatic rings. The molecule has 14 heteroatoms. The van der Waals surface area contributed by atoms with E-state index in [9.17, 15) is 13.6 Å².